The highest BCUT2D eigenvalue weighted by Gasteiger charge is 2.43. The third-order valence-corrected chi connectivity index (χ3v) is 4.67. The second-order valence-corrected chi connectivity index (χ2v) is 6.14. The average molecular weight is 310 g/mol. The van der Waals surface area contributed by atoms with E-state index in [0.717, 1.165) is 19.4 Å². The van der Waals surface area contributed by atoms with Crippen LogP contribution in [-0.2, 0) is 16.5 Å². The molecule has 2 saturated heterocycles. The molecule has 22 heavy (non-hydrogen) atoms. The molecule has 3 rings (SSSR count). The summed E-state index contributed by atoms with van der Waals surface area (Å²) in [5.41, 5.74) is 0.547. The van der Waals surface area contributed by atoms with Gasteiger partial charge in [-0.2, -0.15) is 5.10 Å². The molecular weight excluding hydrogens is 288 g/mol. The zero-order chi connectivity index (χ0) is 15.9. The van der Waals surface area contributed by atoms with Crippen LogP contribution >= 0.6 is 0 Å². The van der Waals surface area contributed by atoms with E-state index in [0.29, 0.717) is 31.3 Å². The average Bonchev–Trinajstić information content (AvgIpc) is 3.03. The SMILES string of the molecule is Cc1nn(C)c(N2CCC[C@@H](C3(C)OCCO3)C2)c1[N+](=O)[O-]. The van der Waals surface area contributed by atoms with E-state index < -0.39 is 5.79 Å². The summed E-state index contributed by atoms with van der Waals surface area (Å²) in [6.45, 7) is 6.32. The molecule has 2 aliphatic heterocycles. The van der Waals surface area contributed by atoms with Gasteiger partial charge in [0.05, 0.1) is 18.1 Å². The van der Waals surface area contributed by atoms with Crippen molar-refractivity contribution in [2.75, 3.05) is 31.2 Å². The van der Waals surface area contributed by atoms with Gasteiger partial charge in [0.1, 0.15) is 5.69 Å². The van der Waals surface area contributed by atoms with E-state index in [1.165, 1.54) is 0 Å². The van der Waals surface area contributed by atoms with Crippen LogP contribution in [0.5, 0.6) is 0 Å². The molecule has 2 fully saturated rings. The second-order valence-electron chi connectivity index (χ2n) is 6.14. The normalized spacial score (nSPS) is 24.7. The van der Waals surface area contributed by atoms with Crippen molar-refractivity contribution in [2.24, 2.45) is 13.0 Å². The first kappa shape index (κ1) is 15.2. The second kappa shape index (κ2) is 5.51. The summed E-state index contributed by atoms with van der Waals surface area (Å²) in [6.07, 6.45) is 1.95. The van der Waals surface area contributed by atoms with Gasteiger partial charge in [0.2, 0.25) is 5.82 Å². The maximum absolute atomic E-state index is 11.4. The summed E-state index contributed by atoms with van der Waals surface area (Å²) in [7, 11) is 1.75. The number of anilines is 1. The minimum Gasteiger partial charge on any atom is -0.351 e. The summed E-state index contributed by atoms with van der Waals surface area (Å²) in [6, 6.07) is 0. The van der Waals surface area contributed by atoms with Crippen molar-refractivity contribution in [2.45, 2.75) is 32.5 Å². The number of ether oxygens (including phenoxy) is 2. The predicted octanol–water partition coefficient (Wildman–Crippen LogP) is 1.62. The first-order chi connectivity index (χ1) is 10.4. The number of nitro groups is 1. The minimum absolute atomic E-state index is 0.0987. The lowest BCUT2D eigenvalue weighted by molar-refractivity contribution is -0.384. The molecule has 8 nitrogen and oxygen atoms in total. The Morgan fingerprint density at radius 3 is 2.73 bits per heavy atom. The minimum atomic E-state index is -0.582. The summed E-state index contributed by atoms with van der Waals surface area (Å²) in [5, 5.41) is 15.6. The van der Waals surface area contributed by atoms with Gasteiger partial charge in [0.15, 0.2) is 5.79 Å². The van der Waals surface area contributed by atoms with Crippen LogP contribution in [0.15, 0.2) is 0 Å². The van der Waals surface area contributed by atoms with E-state index in [-0.39, 0.29) is 16.5 Å². The largest absolute Gasteiger partial charge is 0.351 e. The van der Waals surface area contributed by atoms with Crippen molar-refractivity contribution < 1.29 is 14.4 Å². The zero-order valence-corrected chi connectivity index (χ0v) is 13.2. The van der Waals surface area contributed by atoms with Crippen LogP contribution < -0.4 is 4.90 Å². The maximum atomic E-state index is 11.4. The van der Waals surface area contributed by atoms with Crippen LogP contribution in [0.3, 0.4) is 0 Å². The molecule has 1 atom stereocenters. The molecule has 3 heterocycles. The Balaban J connectivity index is 1.88. The standard InChI is InChI=1S/C14H22N4O4/c1-10-12(18(19)20)13(16(3)15-10)17-6-4-5-11(9-17)14(2)21-7-8-22-14/h11H,4-9H2,1-3H3/t11-/m1/s1. The zero-order valence-electron chi connectivity index (χ0n) is 13.2. The van der Waals surface area contributed by atoms with Crippen LogP contribution in [-0.4, -0.2) is 46.8 Å². The topological polar surface area (TPSA) is 82.7 Å². The van der Waals surface area contributed by atoms with E-state index in [2.05, 4.69) is 5.10 Å². The first-order valence-corrected chi connectivity index (χ1v) is 7.63. The van der Waals surface area contributed by atoms with Gasteiger partial charge in [0.25, 0.3) is 0 Å². The Labute approximate surface area is 129 Å². The van der Waals surface area contributed by atoms with Gasteiger partial charge in [-0.1, -0.05) is 0 Å². The van der Waals surface area contributed by atoms with E-state index >= 15 is 0 Å². The Bertz CT molecular complexity index is 580. The molecule has 1 aromatic rings. The number of aryl methyl sites for hydroxylation is 2. The number of rotatable bonds is 3. The predicted molar refractivity (Wildman–Crippen MR) is 79.8 cm³/mol. The molecule has 2 aliphatic rings. The highest BCUT2D eigenvalue weighted by Crippen LogP contribution is 2.38. The van der Waals surface area contributed by atoms with E-state index in [1.807, 2.05) is 11.8 Å². The number of aromatic nitrogens is 2. The van der Waals surface area contributed by atoms with Gasteiger partial charge in [-0.15, -0.1) is 0 Å². The van der Waals surface area contributed by atoms with Gasteiger partial charge in [0, 0.05) is 26.1 Å². The number of nitrogens with zero attached hydrogens (tertiary/aromatic N) is 4. The lowest BCUT2D eigenvalue weighted by Crippen LogP contribution is -2.47. The first-order valence-electron chi connectivity index (χ1n) is 7.63. The third-order valence-electron chi connectivity index (χ3n) is 4.67. The van der Waals surface area contributed by atoms with Crippen molar-refractivity contribution in [3.05, 3.63) is 15.8 Å². The van der Waals surface area contributed by atoms with Gasteiger partial charge in [-0.3, -0.25) is 10.1 Å². The molecule has 122 valence electrons. The van der Waals surface area contributed by atoms with Gasteiger partial charge >= 0.3 is 5.69 Å². The summed E-state index contributed by atoms with van der Waals surface area (Å²) >= 11 is 0. The summed E-state index contributed by atoms with van der Waals surface area (Å²) in [4.78, 5) is 13.1. The van der Waals surface area contributed by atoms with E-state index in [4.69, 9.17) is 9.47 Å². The van der Waals surface area contributed by atoms with Crippen molar-refractivity contribution in [3.63, 3.8) is 0 Å². The molecule has 0 aromatic carbocycles. The van der Waals surface area contributed by atoms with Gasteiger partial charge in [-0.05, 0) is 26.7 Å². The molecule has 0 N–H and O–H groups in total. The fourth-order valence-electron chi connectivity index (χ4n) is 3.57. The molecular formula is C14H22N4O4. The van der Waals surface area contributed by atoms with E-state index in [1.54, 1.807) is 18.7 Å². The molecule has 0 amide bonds. The molecule has 0 saturated carbocycles. The molecule has 1 aromatic heterocycles. The fraction of sp³-hybridized carbons (Fsp3) is 0.786. The lowest BCUT2D eigenvalue weighted by atomic mass is 9.90. The fourth-order valence-corrected chi connectivity index (χ4v) is 3.57. The molecule has 0 unspecified atom stereocenters. The highest BCUT2D eigenvalue weighted by molar-refractivity contribution is 5.61. The van der Waals surface area contributed by atoms with Crippen LogP contribution in [0.25, 0.3) is 0 Å². The van der Waals surface area contributed by atoms with Crippen LogP contribution in [0.2, 0.25) is 0 Å². The summed E-state index contributed by atoms with van der Waals surface area (Å²) in [5.74, 6) is 0.188. The molecule has 8 heteroatoms. The monoisotopic (exact) mass is 310 g/mol. The van der Waals surface area contributed by atoms with Gasteiger partial charge < -0.3 is 14.4 Å². The quantitative estimate of drug-likeness (QED) is 0.623. The third kappa shape index (κ3) is 2.46. The van der Waals surface area contributed by atoms with Crippen molar-refractivity contribution in [3.8, 4) is 0 Å². The molecule has 0 spiro atoms. The summed E-state index contributed by atoms with van der Waals surface area (Å²) < 4.78 is 13.1. The van der Waals surface area contributed by atoms with Crippen LogP contribution in [0, 0.1) is 23.0 Å². The Hall–Kier alpha value is -1.67. The number of hydrogen-bond donors (Lipinski definition) is 0. The lowest BCUT2D eigenvalue weighted by Gasteiger charge is -2.40. The van der Waals surface area contributed by atoms with Crippen molar-refractivity contribution >= 4 is 11.5 Å². The van der Waals surface area contributed by atoms with Crippen molar-refractivity contribution in [1.29, 1.82) is 0 Å². The molecule has 0 radical (unpaired) electrons. The number of hydrogen-bond acceptors (Lipinski definition) is 6. The Morgan fingerprint density at radius 2 is 2.09 bits per heavy atom. The maximum Gasteiger partial charge on any atom is 0.333 e. The van der Waals surface area contributed by atoms with Crippen LogP contribution in [0.4, 0.5) is 11.5 Å². The number of piperidine rings is 1. The molecule has 0 bridgehead atoms. The Morgan fingerprint density at radius 1 is 1.41 bits per heavy atom. The highest BCUT2D eigenvalue weighted by atomic mass is 16.7. The smallest absolute Gasteiger partial charge is 0.333 e. The van der Waals surface area contributed by atoms with E-state index in [9.17, 15) is 10.1 Å². The van der Waals surface area contributed by atoms with Crippen LogP contribution in [0.1, 0.15) is 25.5 Å². The molecule has 0 aliphatic carbocycles. The van der Waals surface area contributed by atoms with Gasteiger partial charge in [-0.25, -0.2) is 4.68 Å². The van der Waals surface area contributed by atoms with Crippen molar-refractivity contribution in [1.82, 2.24) is 9.78 Å². The Kier molecular flexibility index (Phi) is 3.82.